The van der Waals surface area contributed by atoms with Gasteiger partial charge in [0.15, 0.2) is 0 Å². The van der Waals surface area contributed by atoms with Gasteiger partial charge in [-0.2, -0.15) is 4.98 Å². The second-order valence-corrected chi connectivity index (χ2v) is 7.25. The van der Waals surface area contributed by atoms with E-state index >= 15 is 0 Å². The zero-order chi connectivity index (χ0) is 17.9. The third-order valence-corrected chi connectivity index (χ3v) is 5.58. The van der Waals surface area contributed by atoms with E-state index in [1.165, 1.54) is 0 Å². The summed E-state index contributed by atoms with van der Waals surface area (Å²) in [5, 5.41) is 6.09. The number of aromatic nitrogens is 2. The highest BCUT2D eigenvalue weighted by Crippen LogP contribution is 2.26. The summed E-state index contributed by atoms with van der Waals surface area (Å²) in [7, 11) is 0. The van der Waals surface area contributed by atoms with Gasteiger partial charge in [0, 0.05) is 31.7 Å². The smallest absolute Gasteiger partial charge is 0.253 e. The molecule has 0 saturated carbocycles. The number of thiophene rings is 1. The normalized spacial score (nSPS) is 16.6. The van der Waals surface area contributed by atoms with Crippen LogP contribution in [0.3, 0.4) is 0 Å². The van der Waals surface area contributed by atoms with E-state index in [9.17, 15) is 4.79 Å². The van der Waals surface area contributed by atoms with Crippen molar-refractivity contribution in [2.45, 2.75) is 13.0 Å². The summed E-state index contributed by atoms with van der Waals surface area (Å²) >= 11 is 1.60. The van der Waals surface area contributed by atoms with Gasteiger partial charge in [0.05, 0.1) is 10.9 Å². The molecule has 1 aliphatic rings. The first-order chi connectivity index (χ1) is 12.7. The van der Waals surface area contributed by atoms with E-state index in [0.717, 1.165) is 23.5 Å². The van der Waals surface area contributed by atoms with Crippen molar-refractivity contribution < 1.29 is 9.32 Å². The van der Waals surface area contributed by atoms with Crippen LogP contribution in [0.5, 0.6) is 0 Å². The van der Waals surface area contributed by atoms with E-state index in [0.29, 0.717) is 24.8 Å². The molecule has 1 atom stereocenters. The van der Waals surface area contributed by atoms with Crippen molar-refractivity contribution in [3.8, 4) is 10.7 Å². The van der Waals surface area contributed by atoms with Crippen LogP contribution in [0.25, 0.3) is 10.7 Å². The molecule has 3 heterocycles. The number of rotatable bonds is 4. The number of benzene rings is 1. The van der Waals surface area contributed by atoms with Gasteiger partial charge in [-0.3, -0.25) is 9.69 Å². The average Bonchev–Trinajstić information content (AvgIpc) is 3.39. The summed E-state index contributed by atoms with van der Waals surface area (Å²) in [6.07, 6.45) is 0. The maximum Gasteiger partial charge on any atom is 0.253 e. The number of hydrogen-bond acceptors (Lipinski definition) is 6. The van der Waals surface area contributed by atoms with Gasteiger partial charge in [-0.05, 0) is 30.5 Å². The van der Waals surface area contributed by atoms with E-state index in [1.807, 2.05) is 52.7 Å². The van der Waals surface area contributed by atoms with Gasteiger partial charge < -0.3 is 9.42 Å². The van der Waals surface area contributed by atoms with E-state index in [1.54, 1.807) is 11.3 Å². The lowest BCUT2D eigenvalue weighted by molar-refractivity contribution is 0.0551. The second kappa shape index (κ2) is 7.39. The fourth-order valence-electron chi connectivity index (χ4n) is 3.14. The molecule has 134 valence electrons. The Morgan fingerprint density at radius 3 is 2.58 bits per heavy atom. The Morgan fingerprint density at radius 1 is 1.12 bits per heavy atom. The SMILES string of the molecule is CC(c1nc(-c2cccs2)no1)N1CCN(C(=O)c2ccccc2)CC1. The predicted molar refractivity (Wildman–Crippen MR) is 99.9 cm³/mol. The zero-order valence-electron chi connectivity index (χ0n) is 14.5. The largest absolute Gasteiger partial charge is 0.337 e. The topological polar surface area (TPSA) is 62.5 Å². The molecule has 0 radical (unpaired) electrons. The van der Waals surface area contributed by atoms with E-state index in [2.05, 4.69) is 22.0 Å². The van der Waals surface area contributed by atoms with Gasteiger partial charge in [0.2, 0.25) is 11.7 Å². The van der Waals surface area contributed by atoms with Crippen LogP contribution in [0, 0.1) is 0 Å². The summed E-state index contributed by atoms with van der Waals surface area (Å²) in [5.74, 6) is 1.35. The van der Waals surface area contributed by atoms with Crippen LogP contribution in [0.4, 0.5) is 0 Å². The van der Waals surface area contributed by atoms with Crippen LogP contribution in [0.1, 0.15) is 29.2 Å². The Labute approximate surface area is 156 Å². The van der Waals surface area contributed by atoms with E-state index in [-0.39, 0.29) is 11.9 Å². The first-order valence-electron chi connectivity index (χ1n) is 8.68. The molecule has 1 saturated heterocycles. The lowest BCUT2D eigenvalue weighted by atomic mass is 10.1. The van der Waals surface area contributed by atoms with Crippen molar-refractivity contribution in [1.82, 2.24) is 19.9 Å². The van der Waals surface area contributed by atoms with Crippen molar-refractivity contribution >= 4 is 17.2 Å². The third-order valence-electron chi connectivity index (χ3n) is 4.71. The van der Waals surface area contributed by atoms with Crippen LogP contribution < -0.4 is 0 Å². The minimum Gasteiger partial charge on any atom is -0.337 e. The van der Waals surface area contributed by atoms with Gasteiger partial charge in [0.1, 0.15) is 0 Å². The predicted octanol–water partition coefficient (Wildman–Crippen LogP) is 3.32. The van der Waals surface area contributed by atoms with Gasteiger partial charge in [0.25, 0.3) is 5.91 Å². The highest BCUT2D eigenvalue weighted by molar-refractivity contribution is 7.13. The van der Waals surface area contributed by atoms with Crippen LogP contribution in [-0.4, -0.2) is 52.0 Å². The molecule has 1 aliphatic heterocycles. The Kier molecular flexibility index (Phi) is 4.81. The summed E-state index contributed by atoms with van der Waals surface area (Å²) < 4.78 is 5.47. The molecule has 0 bridgehead atoms. The van der Waals surface area contributed by atoms with Crippen LogP contribution in [0.2, 0.25) is 0 Å². The second-order valence-electron chi connectivity index (χ2n) is 6.30. The lowest BCUT2D eigenvalue weighted by Gasteiger charge is -2.36. The first kappa shape index (κ1) is 16.9. The molecular weight excluding hydrogens is 348 g/mol. The monoisotopic (exact) mass is 368 g/mol. The first-order valence-corrected chi connectivity index (χ1v) is 9.56. The fourth-order valence-corrected chi connectivity index (χ4v) is 3.79. The molecule has 1 fully saturated rings. The van der Waals surface area contributed by atoms with Crippen molar-refractivity contribution in [2.75, 3.05) is 26.2 Å². The highest BCUT2D eigenvalue weighted by Gasteiger charge is 2.28. The fraction of sp³-hybridized carbons (Fsp3) is 0.316. The quantitative estimate of drug-likeness (QED) is 0.707. The molecule has 3 aromatic rings. The number of carbonyl (C=O) groups is 1. The van der Waals surface area contributed by atoms with Gasteiger partial charge in [-0.1, -0.05) is 29.4 Å². The van der Waals surface area contributed by atoms with Crippen molar-refractivity contribution in [1.29, 1.82) is 0 Å². The molecule has 0 aliphatic carbocycles. The maximum atomic E-state index is 12.5. The molecule has 26 heavy (non-hydrogen) atoms. The molecule has 0 N–H and O–H groups in total. The molecule has 1 unspecified atom stereocenters. The lowest BCUT2D eigenvalue weighted by Crippen LogP contribution is -2.49. The van der Waals surface area contributed by atoms with E-state index < -0.39 is 0 Å². The van der Waals surface area contributed by atoms with Crippen LogP contribution in [0.15, 0.2) is 52.4 Å². The van der Waals surface area contributed by atoms with Crippen molar-refractivity contribution in [3.63, 3.8) is 0 Å². The molecule has 1 aromatic carbocycles. The summed E-state index contributed by atoms with van der Waals surface area (Å²) in [6, 6.07) is 13.4. The number of hydrogen-bond donors (Lipinski definition) is 0. The number of carbonyl (C=O) groups excluding carboxylic acids is 1. The molecule has 6 nitrogen and oxygen atoms in total. The number of nitrogens with zero attached hydrogens (tertiary/aromatic N) is 4. The molecule has 2 aromatic heterocycles. The molecular formula is C19H20N4O2S. The Hall–Kier alpha value is -2.51. The summed E-state index contributed by atoms with van der Waals surface area (Å²) in [4.78, 5) is 22.3. The number of amides is 1. The Bertz CT molecular complexity index is 855. The third kappa shape index (κ3) is 3.40. The molecule has 1 amide bonds. The Morgan fingerprint density at radius 2 is 1.88 bits per heavy atom. The van der Waals surface area contributed by atoms with E-state index in [4.69, 9.17) is 4.52 Å². The van der Waals surface area contributed by atoms with Crippen LogP contribution in [-0.2, 0) is 0 Å². The average molecular weight is 368 g/mol. The highest BCUT2D eigenvalue weighted by atomic mass is 32.1. The van der Waals surface area contributed by atoms with Gasteiger partial charge in [-0.25, -0.2) is 0 Å². The molecule has 7 heteroatoms. The van der Waals surface area contributed by atoms with Gasteiger partial charge in [-0.15, -0.1) is 11.3 Å². The molecule has 0 spiro atoms. The summed E-state index contributed by atoms with van der Waals surface area (Å²) in [5.41, 5.74) is 0.742. The minimum atomic E-state index is 0.0326. The number of piperazine rings is 1. The zero-order valence-corrected chi connectivity index (χ0v) is 15.4. The minimum absolute atomic E-state index is 0.0326. The summed E-state index contributed by atoms with van der Waals surface area (Å²) in [6.45, 7) is 5.04. The van der Waals surface area contributed by atoms with Crippen molar-refractivity contribution in [2.24, 2.45) is 0 Å². The van der Waals surface area contributed by atoms with Gasteiger partial charge >= 0.3 is 0 Å². The van der Waals surface area contributed by atoms with Crippen molar-refractivity contribution in [3.05, 3.63) is 59.3 Å². The maximum absolute atomic E-state index is 12.5. The molecule has 4 rings (SSSR count). The standard InChI is InChI=1S/C19H20N4O2S/c1-14(18-20-17(21-25-18)16-8-5-13-26-16)22-9-11-23(12-10-22)19(24)15-6-3-2-4-7-15/h2-8,13-14H,9-12H2,1H3. The Balaban J connectivity index is 1.38. The van der Waals surface area contributed by atoms with Crippen LogP contribution >= 0.6 is 11.3 Å².